The Kier molecular flexibility index (Phi) is 6.46. The van der Waals surface area contributed by atoms with Crippen LogP contribution in [-0.2, 0) is 15.9 Å². The Morgan fingerprint density at radius 1 is 1.42 bits per heavy atom. The van der Waals surface area contributed by atoms with Gasteiger partial charge in [0.1, 0.15) is 10.6 Å². The topological polar surface area (TPSA) is 46.6 Å². The van der Waals surface area contributed by atoms with E-state index in [2.05, 4.69) is 0 Å². The van der Waals surface area contributed by atoms with E-state index in [9.17, 15) is 8.42 Å². The normalized spacial score (nSPS) is 11.8. The van der Waals surface area contributed by atoms with Gasteiger partial charge in [-0.05, 0) is 24.0 Å². The Hall–Kier alpha value is -0.430. The van der Waals surface area contributed by atoms with E-state index in [0.29, 0.717) is 12.3 Å². The van der Waals surface area contributed by atoms with Gasteiger partial charge in [-0.25, -0.2) is 8.42 Å². The second-order valence-electron chi connectivity index (χ2n) is 3.94. The molecule has 0 atom stereocenters. The summed E-state index contributed by atoms with van der Waals surface area (Å²) < 4.78 is 31.4. The van der Waals surface area contributed by atoms with E-state index in [4.69, 9.17) is 16.3 Å². The van der Waals surface area contributed by atoms with Crippen LogP contribution >= 0.6 is 23.4 Å². The standard InChI is InChI=1S/C12H18ClNO3S2/c1-14(6-7-18-3)19(15,16)12-8-10(9-13)4-5-11(12)17-2/h4-5,8H,6-7,9H2,1-3H3. The highest BCUT2D eigenvalue weighted by atomic mass is 35.5. The fraction of sp³-hybridized carbons (Fsp3) is 0.500. The largest absolute Gasteiger partial charge is 0.495 e. The van der Waals surface area contributed by atoms with Gasteiger partial charge in [0.15, 0.2) is 0 Å². The highest BCUT2D eigenvalue weighted by molar-refractivity contribution is 7.98. The van der Waals surface area contributed by atoms with Gasteiger partial charge in [0.2, 0.25) is 10.0 Å². The molecule has 7 heteroatoms. The molecule has 0 aromatic heterocycles. The Labute approximate surface area is 124 Å². The SMILES string of the molecule is COc1ccc(CCl)cc1S(=O)(=O)N(C)CCSC. The molecule has 0 spiro atoms. The van der Waals surface area contributed by atoms with Crippen LogP contribution < -0.4 is 4.74 Å². The fourth-order valence-electron chi connectivity index (χ4n) is 1.51. The van der Waals surface area contributed by atoms with Gasteiger partial charge < -0.3 is 4.74 Å². The third-order valence-corrected chi connectivity index (χ3v) is 5.46. The zero-order valence-corrected chi connectivity index (χ0v) is 13.6. The van der Waals surface area contributed by atoms with Crippen LogP contribution in [-0.4, -0.2) is 45.4 Å². The zero-order valence-electron chi connectivity index (χ0n) is 11.2. The van der Waals surface area contributed by atoms with Crippen molar-refractivity contribution >= 4 is 33.4 Å². The molecule has 0 aliphatic rings. The first-order valence-electron chi connectivity index (χ1n) is 5.65. The van der Waals surface area contributed by atoms with Crippen LogP contribution in [0.5, 0.6) is 5.75 Å². The van der Waals surface area contributed by atoms with Crippen LogP contribution in [0.4, 0.5) is 0 Å². The number of nitrogens with zero attached hydrogens (tertiary/aromatic N) is 1. The first kappa shape index (κ1) is 16.6. The molecule has 0 heterocycles. The average molecular weight is 324 g/mol. The number of halogens is 1. The molecule has 0 fully saturated rings. The molecule has 0 N–H and O–H groups in total. The summed E-state index contributed by atoms with van der Waals surface area (Å²) in [5.74, 6) is 1.35. The summed E-state index contributed by atoms with van der Waals surface area (Å²) in [7, 11) is -0.527. The van der Waals surface area contributed by atoms with Crippen LogP contribution in [0.3, 0.4) is 0 Å². The van der Waals surface area contributed by atoms with Crippen molar-refractivity contribution in [2.45, 2.75) is 10.8 Å². The monoisotopic (exact) mass is 323 g/mol. The Morgan fingerprint density at radius 3 is 2.63 bits per heavy atom. The lowest BCUT2D eigenvalue weighted by molar-refractivity contribution is 0.399. The van der Waals surface area contributed by atoms with E-state index in [-0.39, 0.29) is 10.8 Å². The quantitative estimate of drug-likeness (QED) is 0.723. The van der Waals surface area contributed by atoms with Crippen LogP contribution in [0.2, 0.25) is 0 Å². The van der Waals surface area contributed by atoms with E-state index < -0.39 is 10.0 Å². The van der Waals surface area contributed by atoms with Gasteiger partial charge in [0.05, 0.1) is 7.11 Å². The lowest BCUT2D eigenvalue weighted by atomic mass is 10.2. The number of rotatable bonds is 7. The summed E-state index contributed by atoms with van der Waals surface area (Å²) in [6.45, 7) is 0.456. The maximum atomic E-state index is 12.5. The van der Waals surface area contributed by atoms with Gasteiger partial charge in [0, 0.05) is 25.2 Å². The molecular formula is C12H18ClNO3S2. The highest BCUT2D eigenvalue weighted by Crippen LogP contribution is 2.27. The van der Waals surface area contributed by atoms with Gasteiger partial charge in [-0.3, -0.25) is 0 Å². The molecule has 0 saturated carbocycles. The van der Waals surface area contributed by atoms with Crippen molar-refractivity contribution < 1.29 is 13.2 Å². The van der Waals surface area contributed by atoms with Gasteiger partial charge in [-0.1, -0.05) is 6.07 Å². The summed E-state index contributed by atoms with van der Waals surface area (Å²) in [6.07, 6.45) is 1.94. The van der Waals surface area contributed by atoms with Gasteiger partial charge in [0.25, 0.3) is 0 Å². The van der Waals surface area contributed by atoms with E-state index in [1.165, 1.54) is 11.4 Å². The van der Waals surface area contributed by atoms with E-state index in [1.807, 2.05) is 6.26 Å². The molecule has 0 unspecified atom stereocenters. The first-order chi connectivity index (χ1) is 8.97. The molecular weight excluding hydrogens is 306 g/mol. The van der Waals surface area contributed by atoms with Crippen molar-refractivity contribution in [3.63, 3.8) is 0 Å². The van der Waals surface area contributed by atoms with Gasteiger partial charge in [-0.2, -0.15) is 16.1 Å². The predicted octanol–water partition coefficient (Wildman–Crippen LogP) is 2.42. The maximum Gasteiger partial charge on any atom is 0.246 e. The minimum absolute atomic E-state index is 0.164. The summed E-state index contributed by atoms with van der Waals surface area (Å²) in [5, 5.41) is 0. The van der Waals surface area contributed by atoms with Crippen molar-refractivity contribution in [2.75, 3.05) is 32.7 Å². The Balaban J connectivity index is 3.18. The molecule has 4 nitrogen and oxygen atoms in total. The molecule has 0 amide bonds. The molecule has 108 valence electrons. The van der Waals surface area contributed by atoms with Crippen molar-refractivity contribution in [3.05, 3.63) is 23.8 Å². The van der Waals surface area contributed by atoms with E-state index in [1.54, 1.807) is 37.0 Å². The number of methoxy groups -OCH3 is 1. The fourth-order valence-corrected chi connectivity index (χ4v) is 3.63. The smallest absolute Gasteiger partial charge is 0.246 e. The summed E-state index contributed by atoms with van der Waals surface area (Å²) in [5.41, 5.74) is 0.749. The molecule has 19 heavy (non-hydrogen) atoms. The molecule has 0 aliphatic carbocycles. The Bertz CT molecular complexity index is 520. The van der Waals surface area contributed by atoms with Crippen molar-refractivity contribution in [3.8, 4) is 5.75 Å². The minimum atomic E-state index is -3.55. The number of ether oxygens (including phenoxy) is 1. The molecule has 0 aliphatic heterocycles. The zero-order chi connectivity index (χ0) is 14.5. The second-order valence-corrected chi connectivity index (χ2v) is 7.20. The first-order valence-corrected chi connectivity index (χ1v) is 9.02. The van der Waals surface area contributed by atoms with Crippen LogP contribution in [0.1, 0.15) is 5.56 Å². The summed E-state index contributed by atoms with van der Waals surface area (Å²) >= 11 is 7.36. The lowest BCUT2D eigenvalue weighted by Crippen LogP contribution is -2.29. The number of thioether (sulfide) groups is 1. The minimum Gasteiger partial charge on any atom is -0.495 e. The number of benzene rings is 1. The third kappa shape index (κ3) is 4.02. The van der Waals surface area contributed by atoms with Gasteiger partial charge >= 0.3 is 0 Å². The molecule has 1 aromatic rings. The number of hydrogen-bond acceptors (Lipinski definition) is 4. The molecule has 1 aromatic carbocycles. The van der Waals surface area contributed by atoms with Crippen molar-refractivity contribution in [1.29, 1.82) is 0 Å². The van der Waals surface area contributed by atoms with E-state index >= 15 is 0 Å². The van der Waals surface area contributed by atoms with Crippen molar-refractivity contribution in [2.24, 2.45) is 0 Å². The maximum absolute atomic E-state index is 12.5. The lowest BCUT2D eigenvalue weighted by Gasteiger charge is -2.18. The predicted molar refractivity (Wildman–Crippen MR) is 80.7 cm³/mol. The third-order valence-electron chi connectivity index (χ3n) is 2.68. The second kappa shape index (κ2) is 7.38. The number of hydrogen-bond donors (Lipinski definition) is 0. The molecule has 0 radical (unpaired) electrons. The van der Waals surface area contributed by atoms with Crippen LogP contribution in [0, 0.1) is 0 Å². The number of sulfonamides is 1. The average Bonchev–Trinajstić information content (AvgIpc) is 2.43. The summed E-state index contributed by atoms with van der Waals surface area (Å²) in [4.78, 5) is 0.164. The van der Waals surface area contributed by atoms with Crippen LogP contribution in [0.25, 0.3) is 0 Å². The van der Waals surface area contributed by atoms with E-state index in [0.717, 1.165) is 11.3 Å². The van der Waals surface area contributed by atoms with Gasteiger partial charge in [-0.15, -0.1) is 11.6 Å². The van der Waals surface area contributed by atoms with Crippen molar-refractivity contribution in [1.82, 2.24) is 4.31 Å². The van der Waals surface area contributed by atoms with Crippen LogP contribution in [0.15, 0.2) is 23.1 Å². The molecule has 0 bridgehead atoms. The summed E-state index contributed by atoms with van der Waals surface area (Å²) in [6, 6.07) is 4.95. The Morgan fingerprint density at radius 2 is 2.11 bits per heavy atom. The molecule has 1 rings (SSSR count). The molecule has 0 saturated heterocycles. The highest BCUT2D eigenvalue weighted by Gasteiger charge is 2.24. The number of alkyl halides is 1.